The van der Waals surface area contributed by atoms with Crippen molar-refractivity contribution < 1.29 is 18.3 Å². The molecule has 1 heterocycles. The molecule has 3 aromatic rings. The van der Waals surface area contributed by atoms with Crippen LogP contribution in [0.3, 0.4) is 0 Å². The number of carboxylic acid groups (broad SMARTS) is 1. The van der Waals surface area contributed by atoms with Crippen LogP contribution in [0.15, 0.2) is 53.4 Å². The molecule has 0 saturated heterocycles. The summed E-state index contributed by atoms with van der Waals surface area (Å²) in [6, 6.07) is 12.0. The highest BCUT2D eigenvalue weighted by molar-refractivity contribution is 7.92. The average molecular weight is 385 g/mol. The predicted octanol–water partition coefficient (Wildman–Crippen LogP) is 2.84. The first kappa shape index (κ1) is 18.7. The zero-order valence-electron chi connectivity index (χ0n) is 14.8. The van der Waals surface area contributed by atoms with Crippen LogP contribution in [0.1, 0.15) is 25.0 Å². The van der Waals surface area contributed by atoms with Crippen molar-refractivity contribution in [2.24, 2.45) is 0 Å². The number of rotatable bonds is 5. The number of carboxylic acids is 1. The van der Waals surface area contributed by atoms with Crippen molar-refractivity contribution in [3.8, 4) is 0 Å². The van der Waals surface area contributed by atoms with Gasteiger partial charge in [0.2, 0.25) is 0 Å². The lowest BCUT2D eigenvalue weighted by Gasteiger charge is -2.13. The van der Waals surface area contributed by atoms with Gasteiger partial charge in [0.25, 0.3) is 0 Å². The lowest BCUT2D eigenvalue weighted by atomic mass is 9.97. The number of aromatic amines is 1. The molecule has 0 aliphatic carbocycles. The average Bonchev–Trinajstić information content (AvgIpc) is 2.99. The Morgan fingerprint density at radius 3 is 2.44 bits per heavy atom. The van der Waals surface area contributed by atoms with E-state index in [9.17, 15) is 18.3 Å². The number of H-pyrrole nitrogens is 1. The number of aliphatic carboxylic acids is 1. The van der Waals surface area contributed by atoms with Gasteiger partial charge in [0.1, 0.15) is 5.52 Å². The van der Waals surface area contributed by atoms with Crippen molar-refractivity contribution in [1.29, 1.82) is 0 Å². The molecule has 8 heteroatoms. The highest BCUT2D eigenvalue weighted by atomic mass is 32.2. The number of nitrogen functional groups attached to an aromatic ring is 1. The third-order valence-electron chi connectivity index (χ3n) is 4.16. The summed E-state index contributed by atoms with van der Waals surface area (Å²) in [5, 5.41) is 8.64. The van der Waals surface area contributed by atoms with Crippen LogP contribution in [0, 0.1) is 0 Å². The lowest BCUT2D eigenvalue weighted by Crippen LogP contribution is -2.15. The molecule has 7 nitrogen and oxygen atoms in total. The summed E-state index contributed by atoms with van der Waals surface area (Å²) in [5.41, 5.74) is 7.88. The fraction of sp³-hybridized carbons (Fsp3) is 0.158. The Kier molecular flexibility index (Phi) is 4.75. The third kappa shape index (κ3) is 3.56. The second kappa shape index (κ2) is 6.88. The Balaban J connectivity index is 2.36. The van der Waals surface area contributed by atoms with Crippen LogP contribution in [0.5, 0.6) is 0 Å². The minimum absolute atomic E-state index is 0.0187. The number of nitrogens with zero attached hydrogens (tertiary/aromatic N) is 1. The van der Waals surface area contributed by atoms with E-state index in [0.717, 1.165) is 6.08 Å². The number of nitrogens with one attached hydrogen (secondary N) is 1. The normalized spacial score (nSPS) is 12.6. The van der Waals surface area contributed by atoms with E-state index >= 15 is 0 Å². The molecule has 0 aliphatic heterocycles. The van der Waals surface area contributed by atoms with Gasteiger partial charge in [0.15, 0.2) is 15.8 Å². The van der Waals surface area contributed by atoms with E-state index in [1.165, 1.54) is 6.07 Å². The quantitative estimate of drug-likeness (QED) is 0.580. The molecule has 0 spiro atoms. The van der Waals surface area contributed by atoms with Crippen molar-refractivity contribution in [3.63, 3.8) is 0 Å². The molecule has 0 fully saturated rings. The second-order valence-corrected chi connectivity index (χ2v) is 8.82. The summed E-state index contributed by atoms with van der Waals surface area (Å²) >= 11 is 0. The van der Waals surface area contributed by atoms with Gasteiger partial charge in [0, 0.05) is 6.08 Å². The fourth-order valence-electron chi connectivity index (χ4n) is 2.81. The second-order valence-electron chi connectivity index (χ2n) is 6.35. The van der Waals surface area contributed by atoms with E-state index in [1.54, 1.807) is 44.2 Å². The smallest absolute Gasteiger partial charge is 0.328 e. The molecule has 140 valence electrons. The monoisotopic (exact) mass is 385 g/mol. The number of benzene rings is 2. The van der Waals surface area contributed by atoms with Gasteiger partial charge in [-0.25, -0.2) is 18.2 Å². The highest BCUT2D eigenvalue weighted by Gasteiger charge is 2.25. The maximum atomic E-state index is 12.9. The van der Waals surface area contributed by atoms with Crippen LogP contribution in [-0.4, -0.2) is 34.7 Å². The zero-order chi connectivity index (χ0) is 19.8. The first-order valence-electron chi connectivity index (χ1n) is 8.23. The maximum absolute atomic E-state index is 12.9. The summed E-state index contributed by atoms with van der Waals surface area (Å²) in [5.74, 6) is -1.04. The van der Waals surface area contributed by atoms with E-state index < -0.39 is 21.1 Å². The number of anilines is 1. The molecule has 1 aromatic heterocycles. The predicted molar refractivity (Wildman–Crippen MR) is 104 cm³/mol. The van der Waals surface area contributed by atoms with Crippen molar-refractivity contribution >= 4 is 38.4 Å². The van der Waals surface area contributed by atoms with Gasteiger partial charge >= 0.3 is 5.97 Å². The minimum atomic E-state index is -3.67. The Bertz CT molecular complexity index is 1150. The molecule has 0 amide bonds. The molecule has 0 radical (unpaired) electrons. The largest absolute Gasteiger partial charge is 0.478 e. The van der Waals surface area contributed by atoms with E-state index in [2.05, 4.69) is 9.97 Å². The number of aromatic nitrogens is 2. The molecule has 0 aliphatic rings. The Morgan fingerprint density at radius 1 is 1.19 bits per heavy atom. The number of hydrogen-bond acceptors (Lipinski definition) is 5. The molecule has 2 aromatic carbocycles. The van der Waals surface area contributed by atoms with Gasteiger partial charge in [-0.3, -0.25) is 0 Å². The number of nitrogens with two attached hydrogens (primary N) is 1. The molecule has 0 atom stereocenters. The SMILES string of the molecule is CC(C)S(=O)(=O)c1cc(C(=CC(=O)O)c2ccccc2)cc2[nH]c(N)nc12. The van der Waals surface area contributed by atoms with Gasteiger partial charge in [-0.15, -0.1) is 0 Å². The van der Waals surface area contributed by atoms with E-state index in [4.69, 9.17) is 5.73 Å². The van der Waals surface area contributed by atoms with Crippen LogP contribution in [0.2, 0.25) is 0 Å². The van der Waals surface area contributed by atoms with Crippen LogP contribution in [-0.2, 0) is 14.6 Å². The lowest BCUT2D eigenvalue weighted by molar-refractivity contribution is -0.131. The summed E-state index contributed by atoms with van der Waals surface area (Å²) < 4.78 is 25.7. The molecule has 0 unspecified atom stereocenters. The van der Waals surface area contributed by atoms with E-state index in [1.807, 2.05) is 6.07 Å². The Labute approximate surface area is 156 Å². The van der Waals surface area contributed by atoms with Gasteiger partial charge in [-0.1, -0.05) is 30.3 Å². The van der Waals surface area contributed by atoms with Gasteiger partial charge in [-0.05, 0) is 42.7 Å². The summed E-state index contributed by atoms with van der Waals surface area (Å²) in [6.45, 7) is 3.16. The van der Waals surface area contributed by atoms with Gasteiger partial charge < -0.3 is 15.8 Å². The van der Waals surface area contributed by atoms with Crippen LogP contribution < -0.4 is 5.73 Å². The van der Waals surface area contributed by atoms with Gasteiger partial charge in [-0.2, -0.15) is 0 Å². The number of fused-ring (bicyclic) bond motifs is 1. The van der Waals surface area contributed by atoms with Crippen LogP contribution in [0.25, 0.3) is 16.6 Å². The van der Waals surface area contributed by atoms with Gasteiger partial charge in [0.05, 0.1) is 15.7 Å². The van der Waals surface area contributed by atoms with Crippen LogP contribution >= 0.6 is 0 Å². The molecule has 0 saturated carbocycles. The fourth-order valence-corrected chi connectivity index (χ4v) is 4.03. The molecule has 0 bridgehead atoms. The van der Waals surface area contributed by atoms with Crippen LogP contribution in [0.4, 0.5) is 5.95 Å². The first-order valence-corrected chi connectivity index (χ1v) is 9.78. The Morgan fingerprint density at radius 2 is 1.85 bits per heavy atom. The molecular formula is C19H19N3O4S. The number of sulfone groups is 1. The van der Waals surface area contributed by atoms with Crippen molar-refractivity contribution in [2.75, 3.05) is 5.73 Å². The van der Waals surface area contributed by atoms with Crippen molar-refractivity contribution in [1.82, 2.24) is 9.97 Å². The number of imidazole rings is 1. The summed E-state index contributed by atoms with van der Waals surface area (Å²) in [6.07, 6.45) is 1.06. The maximum Gasteiger partial charge on any atom is 0.328 e. The Hall–Kier alpha value is -3.13. The van der Waals surface area contributed by atoms with E-state index in [0.29, 0.717) is 22.2 Å². The minimum Gasteiger partial charge on any atom is -0.478 e. The highest BCUT2D eigenvalue weighted by Crippen LogP contribution is 2.32. The number of hydrogen-bond donors (Lipinski definition) is 3. The van der Waals surface area contributed by atoms with E-state index in [-0.39, 0.29) is 16.4 Å². The number of carbonyl (C=O) groups is 1. The summed E-state index contributed by atoms with van der Waals surface area (Å²) in [7, 11) is -3.67. The van der Waals surface area contributed by atoms with Crippen molar-refractivity contribution in [2.45, 2.75) is 24.0 Å². The summed E-state index contributed by atoms with van der Waals surface area (Å²) in [4.78, 5) is 18.3. The standard InChI is InChI=1S/C19H19N3O4S/c1-11(2)27(25,26)16-9-13(8-15-18(16)22-19(20)21-15)14(10-17(23)24)12-6-4-3-5-7-12/h3-11H,1-2H3,(H,23,24)(H3,20,21,22). The first-order chi connectivity index (χ1) is 12.7. The molecule has 4 N–H and O–H groups in total. The molecular weight excluding hydrogens is 366 g/mol. The zero-order valence-corrected chi connectivity index (χ0v) is 15.6. The molecule has 27 heavy (non-hydrogen) atoms. The van der Waals surface area contributed by atoms with Crippen molar-refractivity contribution in [3.05, 3.63) is 59.7 Å². The molecule has 3 rings (SSSR count). The topological polar surface area (TPSA) is 126 Å². The third-order valence-corrected chi connectivity index (χ3v) is 6.33.